The number of carbonyl (C=O) groups is 2. The van der Waals surface area contributed by atoms with E-state index in [4.69, 9.17) is 13.9 Å². The number of methoxy groups -OCH3 is 1. The summed E-state index contributed by atoms with van der Waals surface area (Å²) in [7, 11) is 5.42. The van der Waals surface area contributed by atoms with Gasteiger partial charge in [0.25, 0.3) is 5.91 Å². The summed E-state index contributed by atoms with van der Waals surface area (Å²) in [4.78, 5) is 30.4. The first kappa shape index (κ1) is 25.1. The Morgan fingerprint density at radius 3 is 2.64 bits per heavy atom. The van der Waals surface area contributed by atoms with Crippen LogP contribution in [0.25, 0.3) is 11.0 Å². The lowest BCUT2D eigenvalue weighted by Crippen LogP contribution is -2.33. The number of amides is 1. The minimum absolute atomic E-state index is 0.0114. The summed E-state index contributed by atoms with van der Waals surface area (Å²) in [5, 5.41) is 11.6. The molecular formula is C28H30N2O6. The Morgan fingerprint density at radius 1 is 1.22 bits per heavy atom. The summed E-state index contributed by atoms with van der Waals surface area (Å²) in [5.74, 6) is -0.546. The number of carbonyl (C=O) groups excluding carboxylic acids is 2. The molecule has 0 saturated heterocycles. The zero-order chi connectivity index (χ0) is 25.8. The van der Waals surface area contributed by atoms with Crippen molar-refractivity contribution in [2.24, 2.45) is 0 Å². The number of benzene rings is 2. The van der Waals surface area contributed by atoms with Crippen molar-refractivity contribution in [1.29, 1.82) is 0 Å². The number of ether oxygens (including phenoxy) is 2. The maximum absolute atomic E-state index is 13.7. The molecule has 4 rings (SSSR count). The van der Waals surface area contributed by atoms with Crippen molar-refractivity contribution in [2.75, 3.05) is 40.9 Å². The van der Waals surface area contributed by atoms with Gasteiger partial charge in [0.2, 0.25) is 5.78 Å². The lowest BCUT2D eigenvalue weighted by Gasteiger charge is -2.27. The Bertz CT molecular complexity index is 1310. The van der Waals surface area contributed by atoms with Gasteiger partial charge in [-0.05, 0) is 56.9 Å². The molecule has 0 radical (unpaired) electrons. The van der Waals surface area contributed by atoms with Crippen molar-refractivity contribution in [3.8, 4) is 11.5 Å². The molecule has 0 bridgehead atoms. The van der Waals surface area contributed by atoms with Crippen LogP contribution in [0.3, 0.4) is 0 Å². The van der Waals surface area contributed by atoms with Gasteiger partial charge in [-0.15, -0.1) is 0 Å². The van der Waals surface area contributed by atoms with Crippen molar-refractivity contribution >= 4 is 22.7 Å². The number of hydrogen-bond acceptors (Lipinski definition) is 7. The van der Waals surface area contributed by atoms with E-state index < -0.39 is 23.5 Å². The third-order valence-corrected chi connectivity index (χ3v) is 6.07. The van der Waals surface area contributed by atoms with Crippen molar-refractivity contribution in [2.45, 2.75) is 12.5 Å². The van der Waals surface area contributed by atoms with Gasteiger partial charge in [-0.25, -0.2) is 0 Å². The summed E-state index contributed by atoms with van der Waals surface area (Å²) in [5.41, 5.74) is 1.10. The fourth-order valence-corrected chi connectivity index (χ4v) is 4.36. The van der Waals surface area contributed by atoms with Gasteiger partial charge in [-0.3, -0.25) is 9.59 Å². The Morgan fingerprint density at radius 2 is 1.97 bits per heavy atom. The molecule has 2 heterocycles. The third-order valence-electron chi connectivity index (χ3n) is 6.07. The summed E-state index contributed by atoms with van der Waals surface area (Å²) in [6.45, 7) is 5.12. The highest BCUT2D eigenvalue weighted by atomic mass is 16.5. The van der Waals surface area contributed by atoms with Gasteiger partial charge in [-0.1, -0.05) is 36.9 Å². The van der Waals surface area contributed by atoms with E-state index >= 15 is 0 Å². The number of rotatable bonds is 11. The zero-order valence-corrected chi connectivity index (χ0v) is 20.7. The minimum atomic E-state index is -0.768. The molecule has 1 N–H and O–H groups in total. The molecule has 1 atom stereocenters. The lowest BCUT2D eigenvalue weighted by atomic mass is 9.95. The fraction of sp³-hybridized carbons (Fsp3) is 0.286. The smallest absolute Gasteiger partial charge is 0.290 e. The number of aliphatic hydroxyl groups excluding tert-OH is 1. The molecule has 1 aromatic heterocycles. The van der Waals surface area contributed by atoms with Gasteiger partial charge in [0, 0.05) is 11.9 Å². The number of para-hydroxylation sites is 1. The van der Waals surface area contributed by atoms with E-state index in [9.17, 15) is 14.7 Å². The molecule has 0 fully saturated rings. The minimum Gasteiger partial charge on any atom is -0.503 e. The normalized spacial score (nSPS) is 15.7. The average Bonchev–Trinajstić information content (AvgIpc) is 3.42. The van der Waals surface area contributed by atoms with Crippen molar-refractivity contribution < 1.29 is 28.6 Å². The van der Waals surface area contributed by atoms with Gasteiger partial charge in [0.05, 0.1) is 18.7 Å². The molecule has 1 aliphatic rings. The number of ketones is 1. The van der Waals surface area contributed by atoms with Crippen LogP contribution in [0.4, 0.5) is 0 Å². The first-order chi connectivity index (χ1) is 17.3. The van der Waals surface area contributed by atoms with Crippen LogP contribution >= 0.6 is 0 Å². The second-order valence-corrected chi connectivity index (χ2v) is 8.81. The van der Waals surface area contributed by atoms with Crippen LogP contribution in [0.15, 0.2) is 76.9 Å². The van der Waals surface area contributed by atoms with Crippen molar-refractivity contribution in [1.82, 2.24) is 9.80 Å². The van der Waals surface area contributed by atoms with Crippen LogP contribution in [0.2, 0.25) is 0 Å². The number of Topliss-reactive ketones (excluding diaryl/α,β-unsaturated/α-hetero) is 1. The molecule has 0 aliphatic carbocycles. The summed E-state index contributed by atoms with van der Waals surface area (Å²) in [6, 6.07) is 13.3. The second kappa shape index (κ2) is 10.7. The van der Waals surface area contributed by atoms with Crippen LogP contribution in [-0.4, -0.2) is 67.5 Å². The van der Waals surface area contributed by atoms with Crippen molar-refractivity contribution in [3.05, 3.63) is 83.8 Å². The first-order valence-electron chi connectivity index (χ1n) is 11.7. The Kier molecular flexibility index (Phi) is 7.45. The van der Waals surface area contributed by atoms with Crippen LogP contribution < -0.4 is 9.47 Å². The molecule has 36 heavy (non-hydrogen) atoms. The Hall–Kier alpha value is -4.04. The van der Waals surface area contributed by atoms with E-state index in [0.29, 0.717) is 47.6 Å². The maximum atomic E-state index is 13.7. The fourth-order valence-electron chi connectivity index (χ4n) is 4.36. The first-order valence-corrected chi connectivity index (χ1v) is 11.7. The topological polar surface area (TPSA) is 92.4 Å². The molecule has 1 unspecified atom stereocenters. The molecule has 1 amide bonds. The van der Waals surface area contributed by atoms with E-state index in [1.807, 2.05) is 19.0 Å². The quantitative estimate of drug-likeness (QED) is 0.312. The van der Waals surface area contributed by atoms with Crippen LogP contribution in [0.1, 0.15) is 28.6 Å². The molecule has 8 heteroatoms. The molecular weight excluding hydrogens is 460 g/mol. The predicted molar refractivity (Wildman–Crippen MR) is 137 cm³/mol. The number of aliphatic hydroxyl groups is 1. The van der Waals surface area contributed by atoms with Gasteiger partial charge < -0.3 is 28.8 Å². The van der Waals surface area contributed by atoms with E-state index in [0.717, 1.165) is 6.54 Å². The van der Waals surface area contributed by atoms with E-state index in [1.165, 1.54) is 12.0 Å². The average molecular weight is 491 g/mol. The summed E-state index contributed by atoms with van der Waals surface area (Å²) >= 11 is 0. The molecule has 2 aromatic carbocycles. The third kappa shape index (κ3) is 4.85. The number of fused-ring (bicyclic) bond motifs is 1. The van der Waals surface area contributed by atoms with Gasteiger partial charge >= 0.3 is 0 Å². The highest BCUT2D eigenvalue weighted by Gasteiger charge is 2.44. The molecule has 0 spiro atoms. The monoisotopic (exact) mass is 490 g/mol. The van der Waals surface area contributed by atoms with Crippen LogP contribution in [-0.2, 0) is 4.79 Å². The Labute approximate surface area is 210 Å². The zero-order valence-electron chi connectivity index (χ0n) is 20.7. The molecule has 3 aromatic rings. The number of furan rings is 1. The van der Waals surface area contributed by atoms with Gasteiger partial charge in [0.15, 0.2) is 22.9 Å². The largest absolute Gasteiger partial charge is 0.503 e. The summed E-state index contributed by atoms with van der Waals surface area (Å²) in [6.07, 6.45) is 2.32. The van der Waals surface area contributed by atoms with E-state index in [-0.39, 0.29) is 11.3 Å². The molecule has 8 nitrogen and oxygen atoms in total. The lowest BCUT2D eigenvalue weighted by molar-refractivity contribution is -0.129. The highest BCUT2D eigenvalue weighted by molar-refractivity contribution is 6.16. The molecule has 188 valence electrons. The van der Waals surface area contributed by atoms with Crippen LogP contribution in [0.5, 0.6) is 11.5 Å². The summed E-state index contributed by atoms with van der Waals surface area (Å²) < 4.78 is 16.8. The highest BCUT2D eigenvalue weighted by Crippen LogP contribution is 2.40. The van der Waals surface area contributed by atoms with Gasteiger partial charge in [-0.2, -0.15) is 0 Å². The van der Waals surface area contributed by atoms with Crippen molar-refractivity contribution in [3.63, 3.8) is 0 Å². The number of nitrogens with zero attached hydrogens (tertiary/aromatic N) is 2. The maximum Gasteiger partial charge on any atom is 0.290 e. The van der Waals surface area contributed by atoms with E-state index in [2.05, 4.69) is 6.58 Å². The molecule has 0 saturated carbocycles. The second-order valence-electron chi connectivity index (χ2n) is 8.81. The molecule has 1 aliphatic heterocycles. The SMILES string of the molecule is C=CCOc1ccc(C2C(C(=O)c3cc4cccc(OC)c4o3)=C(O)C(=O)N2CCCN(C)C)cc1. The van der Waals surface area contributed by atoms with E-state index in [1.54, 1.807) is 54.6 Å². The van der Waals surface area contributed by atoms with Crippen LogP contribution in [0, 0.1) is 0 Å². The van der Waals surface area contributed by atoms with Gasteiger partial charge in [0.1, 0.15) is 12.4 Å². The number of hydrogen-bond donors (Lipinski definition) is 1. The Balaban J connectivity index is 1.73. The standard InChI is InChI=1S/C28H30N2O6/c1-5-16-35-20-12-10-18(11-13-20)24-23(26(32)28(33)30(24)15-7-14-29(2)3)25(31)22-17-19-8-6-9-21(34-4)27(19)36-22/h5-6,8-13,17,24,32H,1,7,14-16H2,2-4H3. The predicted octanol–water partition coefficient (Wildman–Crippen LogP) is 4.54.